The van der Waals surface area contributed by atoms with Crippen molar-refractivity contribution in [3.8, 4) is 0 Å². The van der Waals surface area contributed by atoms with Gasteiger partial charge in [0.2, 0.25) is 5.96 Å². The summed E-state index contributed by atoms with van der Waals surface area (Å²) in [5, 5.41) is 0. The molecular weight excluding hydrogens is 180 g/mol. The quantitative estimate of drug-likeness (QED) is 0.284. The van der Waals surface area contributed by atoms with Gasteiger partial charge in [-0.3, -0.25) is 10.4 Å². The Morgan fingerprint density at radius 3 is 3.07 bits per heavy atom. The van der Waals surface area contributed by atoms with Gasteiger partial charge < -0.3 is 9.64 Å². The van der Waals surface area contributed by atoms with Crippen LogP contribution >= 0.6 is 0 Å². The van der Waals surface area contributed by atoms with Crippen molar-refractivity contribution in [2.45, 2.75) is 26.4 Å². The van der Waals surface area contributed by atoms with Crippen molar-refractivity contribution >= 4 is 5.96 Å². The molecule has 0 saturated carbocycles. The highest BCUT2D eigenvalue weighted by atomic mass is 16.5. The molecule has 3 N–H and O–H groups in total. The standard InChI is InChI=1S/C9H20N4O/c1-3-4-11-9(12-10)13-5-6-14-8(2)7-13/h8H,3-7,10H2,1-2H3,(H,11,12). The van der Waals surface area contributed by atoms with Crippen LogP contribution in [0.1, 0.15) is 20.3 Å². The molecule has 0 amide bonds. The number of nitrogens with two attached hydrogens (primary N) is 1. The fourth-order valence-corrected chi connectivity index (χ4v) is 1.47. The molecule has 1 unspecified atom stereocenters. The Labute approximate surface area is 85.3 Å². The van der Waals surface area contributed by atoms with Crippen LogP contribution < -0.4 is 11.3 Å². The molecule has 0 spiro atoms. The maximum absolute atomic E-state index is 5.44. The summed E-state index contributed by atoms with van der Waals surface area (Å²) in [7, 11) is 0. The van der Waals surface area contributed by atoms with Crippen LogP contribution in [0.2, 0.25) is 0 Å². The number of nitrogens with zero attached hydrogens (tertiary/aromatic N) is 2. The summed E-state index contributed by atoms with van der Waals surface area (Å²) in [6.07, 6.45) is 1.29. The van der Waals surface area contributed by atoms with Gasteiger partial charge in [-0.1, -0.05) is 6.92 Å². The van der Waals surface area contributed by atoms with Crippen LogP contribution in [0.5, 0.6) is 0 Å². The van der Waals surface area contributed by atoms with Crippen LogP contribution in [0.4, 0.5) is 0 Å². The van der Waals surface area contributed by atoms with Crippen LogP contribution in [0.15, 0.2) is 4.99 Å². The molecule has 14 heavy (non-hydrogen) atoms. The van der Waals surface area contributed by atoms with E-state index in [0.717, 1.165) is 38.6 Å². The van der Waals surface area contributed by atoms with Gasteiger partial charge in [-0.05, 0) is 13.3 Å². The minimum absolute atomic E-state index is 0.254. The lowest BCUT2D eigenvalue weighted by atomic mass is 10.3. The van der Waals surface area contributed by atoms with E-state index in [1.54, 1.807) is 0 Å². The predicted octanol–water partition coefficient (Wildman–Crippen LogP) is -0.0636. The molecule has 82 valence electrons. The van der Waals surface area contributed by atoms with Crippen LogP contribution in [-0.2, 0) is 4.74 Å². The molecule has 1 heterocycles. The molecule has 0 radical (unpaired) electrons. The van der Waals surface area contributed by atoms with Gasteiger partial charge in [0.05, 0.1) is 12.7 Å². The Morgan fingerprint density at radius 1 is 1.71 bits per heavy atom. The number of hydrogen-bond acceptors (Lipinski definition) is 3. The fourth-order valence-electron chi connectivity index (χ4n) is 1.47. The third-order valence-electron chi connectivity index (χ3n) is 2.15. The van der Waals surface area contributed by atoms with E-state index >= 15 is 0 Å². The van der Waals surface area contributed by atoms with Crippen molar-refractivity contribution in [1.82, 2.24) is 10.3 Å². The van der Waals surface area contributed by atoms with E-state index in [0.29, 0.717) is 0 Å². The Kier molecular flexibility index (Phi) is 4.69. The van der Waals surface area contributed by atoms with Crippen molar-refractivity contribution in [3.05, 3.63) is 0 Å². The molecule has 1 rings (SSSR count). The van der Waals surface area contributed by atoms with Crippen LogP contribution in [0, 0.1) is 0 Å². The average Bonchev–Trinajstić information content (AvgIpc) is 2.19. The van der Waals surface area contributed by atoms with Gasteiger partial charge in [0.25, 0.3) is 0 Å². The molecule has 0 aromatic heterocycles. The number of morpholine rings is 1. The second-order valence-electron chi connectivity index (χ2n) is 3.48. The summed E-state index contributed by atoms with van der Waals surface area (Å²) in [4.78, 5) is 6.50. The first kappa shape index (κ1) is 11.3. The lowest BCUT2D eigenvalue weighted by molar-refractivity contribution is 0.00458. The first-order valence-corrected chi connectivity index (χ1v) is 5.15. The zero-order valence-electron chi connectivity index (χ0n) is 8.99. The zero-order chi connectivity index (χ0) is 10.4. The lowest BCUT2D eigenvalue weighted by Gasteiger charge is -2.32. The van der Waals surface area contributed by atoms with Crippen molar-refractivity contribution in [2.24, 2.45) is 10.8 Å². The van der Waals surface area contributed by atoms with E-state index in [1.807, 2.05) is 0 Å². The summed E-state index contributed by atoms with van der Waals surface area (Å²) in [6.45, 7) is 7.42. The topological polar surface area (TPSA) is 62.9 Å². The number of hydrogen-bond donors (Lipinski definition) is 2. The summed E-state index contributed by atoms with van der Waals surface area (Å²) >= 11 is 0. The van der Waals surface area contributed by atoms with Gasteiger partial charge in [-0.25, -0.2) is 5.84 Å². The minimum atomic E-state index is 0.254. The highest BCUT2D eigenvalue weighted by Gasteiger charge is 2.18. The van der Waals surface area contributed by atoms with E-state index in [4.69, 9.17) is 10.6 Å². The van der Waals surface area contributed by atoms with Gasteiger partial charge in [-0.2, -0.15) is 0 Å². The van der Waals surface area contributed by atoms with Crippen LogP contribution in [0.25, 0.3) is 0 Å². The molecule has 1 aliphatic rings. The molecule has 0 aromatic carbocycles. The molecule has 1 aliphatic heterocycles. The van der Waals surface area contributed by atoms with Crippen molar-refractivity contribution < 1.29 is 4.74 Å². The first-order valence-electron chi connectivity index (χ1n) is 5.15. The normalized spacial score (nSPS) is 23.8. The van der Waals surface area contributed by atoms with E-state index in [2.05, 4.69) is 29.2 Å². The molecule has 0 aliphatic carbocycles. The monoisotopic (exact) mass is 200 g/mol. The number of aliphatic imine (C=N–C) groups is 1. The number of rotatable bonds is 2. The average molecular weight is 200 g/mol. The molecule has 0 bridgehead atoms. The molecule has 1 atom stereocenters. The third kappa shape index (κ3) is 3.16. The Hall–Kier alpha value is -0.810. The Bertz CT molecular complexity index is 195. The highest BCUT2D eigenvalue weighted by molar-refractivity contribution is 5.79. The Balaban J connectivity index is 2.50. The summed E-state index contributed by atoms with van der Waals surface area (Å²) < 4.78 is 5.44. The van der Waals surface area contributed by atoms with Gasteiger partial charge in [-0.15, -0.1) is 0 Å². The van der Waals surface area contributed by atoms with Crippen LogP contribution in [-0.4, -0.2) is 43.2 Å². The third-order valence-corrected chi connectivity index (χ3v) is 2.15. The maximum Gasteiger partial charge on any atom is 0.208 e. The lowest BCUT2D eigenvalue weighted by Crippen LogP contribution is -2.51. The number of guanidine groups is 1. The second kappa shape index (κ2) is 5.82. The molecule has 1 saturated heterocycles. The number of nitrogens with one attached hydrogen (secondary N) is 1. The number of ether oxygens (including phenoxy) is 1. The molecular formula is C9H20N4O. The molecule has 1 fully saturated rings. The molecule has 5 heteroatoms. The van der Waals surface area contributed by atoms with Gasteiger partial charge in [0.1, 0.15) is 0 Å². The largest absolute Gasteiger partial charge is 0.375 e. The van der Waals surface area contributed by atoms with Gasteiger partial charge in [0.15, 0.2) is 0 Å². The smallest absolute Gasteiger partial charge is 0.208 e. The highest BCUT2D eigenvalue weighted by Crippen LogP contribution is 2.04. The zero-order valence-corrected chi connectivity index (χ0v) is 8.99. The summed E-state index contributed by atoms with van der Waals surface area (Å²) in [6, 6.07) is 0. The van der Waals surface area contributed by atoms with E-state index < -0.39 is 0 Å². The second-order valence-corrected chi connectivity index (χ2v) is 3.48. The van der Waals surface area contributed by atoms with E-state index in [-0.39, 0.29) is 6.10 Å². The van der Waals surface area contributed by atoms with Crippen molar-refractivity contribution in [2.75, 3.05) is 26.2 Å². The van der Waals surface area contributed by atoms with Gasteiger partial charge >= 0.3 is 0 Å². The predicted molar refractivity (Wildman–Crippen MR) is 56.9 cm³/mol. The fraction of sp³-hybridized carbons (Fsp3) is 0.889. The summed E-state index contributed by atoms with van der Waals surface area (Å²) in [5.74, 6) is 6.21. The molecule has 5 nitrogen and oxygen atoms in total. The SMILES string of the molecule is CCCN=C(NN)N1CCOC(C)C1. The van der Waals surface area contributed by atoms with E-state index in [1.165, 1.54) is 0 Å². The number of hydrazine groups is 1. The molecule has 0 aromatic rings. The first-order chi connectivity index (χ1) is 6.77. The van der Waals surface area contributed by atoms with Gasteiger partial charge in [0, 0.05) is 19.6 Å². The maximum atomic E-state index is 5.44. The van der Waals surface area contributed by atoms with E-state index in [9.17, 15) is 0 Å². The summed E-state index contributed by atoms with van der Waals surface area (Å²) in [5.41, 5.74) is 2.65. The van der Waals surface area contributed by atoms with Crippen molar-refractivity contribution in [1.29, 1.82) is 0 Å². The minimum Gasteiger partial charge on any atom is -0.375 e. The van der Waals surface area contributed by atoms with Crippen molar-refractivity contribution in [3.63, 3.8) is 0 Å². The Morgan fingerprint density at radius 2 is 2.50 bits per heavy atom. The van der Waals surface area contributed by atoms with Crippen LogP contribution in [0.3, 0.4) is 0 Å².